The van der Waals surface area contributed by atoms with Gasteiger partial charge < -0.3 is 5.32 Å². The highest BCUT2D eigenvalue weighted by atomic mass is 15.2. The molecule has 1 saturated heterocycles. The summed E-state index contributed by atoms with van der Waals surface area (Å²) < 4.78 is 0. The maximum atomic E-state index is 3.69. The van der Waals surface area contributed by atoms with E-state index in [-0.39, 0.29) is 0 Å². The van der Waals surface area contributed by atoms with E-state index in [0.717, 1.165) is 12.0 Å². The van der Waals surface area contributed by atoms with Gasteiger partial charge in [0.15, 0.2) is 0 Å². The fourth-order valence-corrected chi connectivity index (χ4v) is 4.08. The number of rotatable bonds is 6. The predicted octanol–water partition coefficient (Wildman–Crippen LogP) is 3.28. The highest BCUT2D eigenvalue weighted by molar-refractivity contribution is 4.92. The first kappa shape index (κ1) is 14.3. The van der Waals surface area contributed by atoms with Gasteiger partial charge >= 0.3 is 0 Å². The minimum absolute atomic E-state index is 0.591. The monoisotopic (exact) mass is 252 g/mol. The van der Waals surface area contributed by atoms with E-state index in [1.165, 1.54) is 64.7 Å². The summed E-state index contributed by atoms with van der Waals surface area (Å²) in [5.41, 5.74) is 0.591. The molecule has 2 fully saturated rings. The standard InChI is InChI=1S/C16H32N2/c1-4-9-17-12-16(7-5-6-8-16)13-18-11-14(2)10-15(18)3/h14-15,17H,4-13H2,1-3H3. The average molecular weight is 252 g/mol. The minimum atomic E-state index is 0.591. The van der Waals surface area contributed by atoms with Crippen molar-refractivity contribution in [2.45, 2.75) is 65.3 Å². The number of nitrogens with one attached hydrogen (secondary N) is 1. The molecular formula is C16H32N2. The van der Waals surface area contributed by atoms with Crippen LogP contribution in [0.3, 0.4) is 0 Å². The summed E-state index contributed by atoms with van der Waals surface area (Å²) in [6.07, 6.45) is 8.45. The molecule has 2 atom stereocenters. The van der Waals surface area contributed by atoms with Gasteiger partial charge in [0.25, 0.3) is 0 Å². The second-order valence-corrected chi connectivity index (χ2v) is 7.00. The first-order chi connectivity index (χ1) is 8.65. The van der Waals surface area contributed by atoms with Gasteiger partial charge in [-0.25, -0.2) is 0 Å². The van der Waals surface area contributed by atoms with E-state index in [1.54, 1.807) is 0 Å². The van der Waals surface area contributed by atoms with Gasteiger partial charge in [0.1, 0.15) is 0 Å². The quantitative estimate of drug-likeness (QED) is 0.730. The van der Waals surface area contributed by atoms with Crippen LogP contribution in [-0.4, -0.2) is 37.1 Å². The molecule has 2 heteroatoms. The maximum absolute atomic E-state index is 3.69. The van der Waals surface area contributed by atoms with Crippen LogP contribution in [0.2, 0.25) is 0 Å². The number of likely N-dealkylation sites (tertiary alicyclic amines) is 1. The lowest BCUT2D eigenvalue weighted by atomic mass is 9.85. The molecule has 1 saturated carbocycles. The smallest absolute Gasteiger partial charge is 0.00702 e. The van der Waals surface area contributed by atoms with Crippen molar-refractivity contribution in [3.63, 3.8) is 0 Å². The van der Waals surface area contributed by atoms with Crippen LogP contribution in [0.4, 0.5) is 0 Å². The zero-order chi connectivity index (χ0) is 13.0. The van der Waals surface area contributed by atoms with Gasteiger partial charge in [-0.1, -0.05) is 26.7 Å². The van der Waals surface area contributed by atoms with Gasteiger partial charge in [0, 0.05) is 25.7 Å². The van der Waals surface area contributed by atoms with E-state index in [2.05, 4.69) is 31.0 Å². The third-order valence-corrected chi connectivity index (χ3v) is 5.04. The molecule has 0 amide bonds. The SMILES string of the molecule is CCCNCC1(CN2CC(C)CC2C)CCCC1. The Bertz CT molecular complexity index is 245. The number of hydrogen-bond acceptors (Lipinski definition) is 2. The summed E-state index contributed by atoms with van der Waals surface area (Å²) >= 11 is 0. The molecule has 0 aromatic carbocycles. The van der Waals surface area contributed by atoms with Crippen molar-refractivity contribution in [3.8, 4) is 0 Å². The molecule has 0 aromatic heterocycles. The Morgan fingerprint density at radius 2 is 1.94 bits per heavy atom. The predicted molar refractivity (Wildman–Crippen MR) is 78.9 cm³/mol. The lowest BCUT2D eigenvalue weighted by molar-refractivity contribution is 0.142. The molecule has 18 heavy (non-hydrogen) atoms. The van der Waals surface area contributed by atoms with Gasteiger partial charge in [-0.2, -0.15) is 0 Å². The van der Waals surface area contributed by atoms with Crippen LogP contribution >= 0.6 is 0 Å². The van der Waals surface area contributed by atoms with Crippen molar-refractivity contribution in [2.75, 3.05) is 26.2 Å². The second-order valence-electron chi connectivity index (χ2n) is 7.00. The second kappa shape index (κ2) is 6.38. The van der Waals surface area contributed by atoms with Crippen molar-refractivity contribution >= 4 is 0 Å². The molecule has 2 unspecified atom stereocenters. The zero-order valence-electron chi connectivity index (χ0n) is 12.7. The topological polar surface area (TPSA) is 15.3 Å². The highest BCUT2D eigenvalue weighted by Gasteiger charge is 2.38. The molecule has 2 nitrogen and oxygen atoms in total. The lowest BCUT2D eigenvalue weighted by Crippen LogP contribution is -2.44. The Balaban J connectivity index is 1.89. The molecule has 0 radical (unpaired) electrons. The van der Waals surface area contributed by atoms with Gasteiger partial charge in [-0.05, 0) is 50.5 Å². The van der Waals surface area contributed by atoms with Crippen LogP contribution in [0.1, 0.15) is 59.3 Å². The van der Waals surface area contributed by atoms with Crippen LogP contribution in [0.5, 0.6) is 0 Å². The zero-order valence-corrected chi connectivity index (χ0v) is 12.7. The molecule has 2 rings (SSSR count). The molecule has 0 bridgehead atoms. The summed E-state index contributed by atoms with van der Waals surface area (Å²) in [5.74, 6) is 0.905. The molecule has 1 aliphatic heterocycles. The Labute approximate surface area is 114 Å². The van der Waals surface area contributed by atoms with Crippen molar-refractivity contribution < 1.29 is 0 Å². The maximum Gasteiger partial charge on any atom is 0.00702 e. The van der Waals surface area contributed by atoms with Crippen LogP contribution in [0.15, 0.2) is 0 Å². The summed E-state index contributed by atoms with van der Waals surface area (Å²) in [5, 5.41) is 3.69. The van der Waals surface area contributed by atoms with Gasteiger partial charge in [-0.3, -0.25) is 4.90 Å². The van der Waals surface area contributed by atoms with E-state index in [4.69, 9.17) is 0 Å². The molecular weight excluding hydrogens is 220 g/mol. The fourth-order valence-electron chi connectivity index (χ4n) is 4.08. The third kappa shape index (κ3) is 3.48. The normalized spacial score (nSPS) is 32.2. The van der Waals surface area contributed by atoms with Crippen molar-refractivity contribution in [3.05, 3.63) is 0 Å². The summed E-state index contributed by atoms with van der Waals surface area (Å²) in [6.45, 7) is 12.2. The molecule has 1 N–H and O–H groups in total. The van der Waals surface area contributed by atoms with E-state index < -0.39 is 0 Å². The van der Waals surface area contributed by atoms with E-state index >= 15 is 0 Å². The fraction of sp³-hybridized carbons (Fsp3) is 1.00. The molecule has 2 aliphatic rings. The Morgan fingerprint density at radius 3 is 2.50 bits per heavy atom. The molecule has 1 heterocycles. The van der Waals surface area contributed by atoms with Gasteiger partial charge in [-0.15, -0.1) is 0 Å². The first-order valence-electron chi connectivity index (χ1n) is 8.10. The number of nitrogens with zero attached hydrogens (tertiary/aromatic N) is 1. The number of hydrogen-bond donors (Lipinski definition) is 1. The average Bonchev–Trinajstić information content (AvgIpc) is 2.88. The van der Waals surface area contributed by atoms with Crippen LogP contribution < -0.4 is 5.32 Å². The van der Waals surface area contributed by atoms with E-state index in [9.17, 15) is 0 Å². The van der Waals surface area contributed by atoms with Crippen molar-refractivity contribution in [1.29, 1.82) is 0 Å². The minimum Gasteiger partial charge on any atom is -0.316 e. The van der Waals surface area contributed by atoms with Crippen LogP contribution in [0.25, 0.3) is 0 Å². The van der Waals surface area contributed by atoms with Crippen molar-refractivity contribution in [1.82, 2.24) is 10.2 Å². The summed E-state index contributed by atoms with van der Waals surface area (Å²) in [6, 6.07) is 0.809. The van der Waals surface area contributed by atoms with E-state index in [0.29, 0.717) is 5.41 Å². The first-order valence-corrected chi connectivity index (χ1v) is 8.10. The molecule has 1 aliphatic carbocycles. The summed E-state index contributed by atoms with van der Waals surface area (Å²) in [7, 11) is 0. The molecule has 0 aromatic rings. The summed E-state index contributed by atoms with van der Waals surface area (Å²) in [4.78, 5) is 2.77. The highest BCUT2D eigenvalue weighted by Crippen LogP contribution is 2.40. The molecule has 0 spiro atoms. The van der Waals surface area contributed by atoms with Crippen LogP contribution in [-0.2, 0) is 0 Å². The van der Waals surface area contributed by atoms with E-state index in [1.807, 2.05) is 0 Å². The Hall–Kier alpha value is -0.0800. The van der Waals surface area contributed by atoms with Crippen molar-refractivity contribution in [2.24, 2.45) is 11.3 Å². The lowest BCUT2D eigenvalue weighted by Gasteiger charge is -2.36. The Kier molecular flexibility index (Phi) is 5.08. The molecule has 106 valence electrons. The van der Waals surface area contributed by atoms with Gasteiger partial charge in [0.2, 0.25) is 0 Å². The largest absolute Gasteiger partial charge is 0.316 e. The Morgan fingerprint density at radius 1 is 1.22 bits per heavy atom. The third-order valence-electron chi connectivity index (χ3n) is 5.04. The van der Waals surface area contributed by atoms with Gasteiger partial charge in [0.05, 0.1) is 0 Å². The van der Waals surface area contributed by atoms with Crippen LogP contribution in [0, 0.1) is 11.3 Å².